The summed E-state index contributed by atoms with van der Waals surface area (Å²) < 4.78 is 1.86. The predicted octanol–water partition coefficient (Wildman–Crippen LogP) is 1.03. The second kappa shape index (κ2) is 5.51. The van der Waals surface area contributed by atoms with Crippen LogP contribution in [0.4, 0.5) is 5.69 Å². The van der Waals surface area contributed by atoms with Crippen LogP contribution in [0.2, 0.25) is 0 Å². The van der Waals surface area contributed by atoms with Crippen molar-refractivity contribution in [2.45, 2.75) is 12.6 Å². The van der Waals surface area contributed by atoms with Gasteiger partial charge in [0.25, 0.3) is 0 Å². The van der Waals surface area contributed by atoms with Crippen molar-refractivity contribution in [3.8, 4) is 11.4 Å². The van der Waals surface area contributed by atoms with Crippen LogP contribution >= 0.6 is 0 Å². The molecule has 0 aliphatic carbocycles. The molecule has 1 aromatic carbocycles. The van der Waals surface area contributed by atoms with Crippen molar-refractivity contribution < 1.29 is 10.2 Å². The molecule has 2 aromatic heterocycles. The number of nitrogens with zero attached hydrogens (tertiary/aromatic N) is 3. The van der Waals surface area contributed by atoms with Crippen LogP contribution in [-0.2, 0) is 6.54 Å². The molecule has 0 radical (unpaired) electrons. The van der Waals surface area contributed by atoms with Crippen LogP contribution in [0.25, 0.3) is 22.4 Å². The number of para-hydroxylation sites is 1. The number of anilines is 1. The number of aliphatic hydroxyl groups is 2. The van der Waals surface area contributed by atoms with E-state index in [1.54, 1.807) is 18.5 Å². The first-order valence-electron chi connectivity index (χ1n) is 6.64. The lowest BCUT2D eigenvalue weighted by Gasteiger charge is -2.12. The maximum absolute atomic E-state index is 9.79. The summed E-state index contributed by atoms with van der Waals surface area (Å²) in [7, 11) is 0. The van der Waals surface area contributed by atoms with Gasteiger partial charge in [-0.2, -0.15) is 0 Å². The number of pyridine rings is 1. The van der Waals surface area contributed by atoms with E-state index in [1.165, 1.54) is 0 Å². The van der Waals surface area contributed by atoms with Gasteiger partial charge in [-0.15, -0.1) is 0 Å². The van der Waals surface area contributed by atoms with E-state index in [0.29, 0.717) is 17.0 Å². The summed E-state index contributed by atoms with van der Waals surface area (Å²) in [5.41, 5.74) is 8.96. The van der Waals surface area contributed by atoms with Gasteiger partial charge in [0, 0.05) is 18.0 Å². The first kappa shape index (κ1) is 13.5. The lowest BCUT2D eigenvalue weighted by atomic mass is 10.2. The van der Waals surface area contributed by atoms with Gasteiger partial charge in [-0.05, 0) is 24.3 Å². The molecule has 2 heterocycles. The molecule has 6 nitrogen and oxygen atoms in total. The fourth-order valence-electron chi connectivity index (χ4n) is 2.34. The molecule has 108 valence electrons. The number of nitrogens with two attached hydrogens (primary N) is 1. The Kier molecular flexibility index (Phi) is 3.55. The third-order valence-corrected chi connectivity index (χ3v) is 3.35. The zero-order valence-corrected chi connectivity index (χ0v) is 11.3. The van der Waals surface area contributed by atoms with E-state index in [0.717, 1.165) is 11.1 Å². The SMILES string of the molecule is Nc1cccc2c1nc(-c1ccncc1)n2CC(O)CO. The number of fused-ring (bicyclic) bond motifs is 1. The molecule has 6 heteroatoms. The average Bonchev–Trinajstić information content (AvgIpc) is 2.88. The van der Waals surface area contributed by atoms with E-state index < -0.39 is 6.10 Å². The number of aromatic nitrogens is 3. The van der Waals surface area contributed by atoms with Crippen molar-refractivity contribution in [1.29, 1.82) is 0 Å². The Morgan fingerprint density at radius 2 is 1.95 bits per heavy atom. The minimum Gasteiger partial charge on any atom is -0.397 e. The first-order valence-corrected chi connectivity index (χ1v) is 6.64. The Hall–Kier alpha value is -2.44. The van der Waals surface area contributed by atoms with Crippen molar-refractivity contribution >= 4 is 16.7 Å². The summed E-state index contributed by atoms with van der Waals surface area (Å²) in [5, 5.41) is 18.9. The number of rotatable bonds is 4. The highest BCUT2D eigenvalue weighted by atomic mass is 16.3. The lowest BCUT2D eigenvalue weighted by molar-refractivity contribution is 0.0824. The Bertz CT molecular complexity index is 755. The Labute approximate surface area is 121 Å². The monoisotopic (exact) mass is 284 g/mol. The second-order valence-electron chi connectivity index (χ2n) is 4.83. The van der Waals surface area contributed by atoms with E-state index in [4.69, 9.17) is 10.8 Å². The molecule has 1 unspecified atom stereocenters. The average molecular weight is 284 g/mol. The molecule has 3 rings (SSSR count). The van der Waals surface area contributed by atoms with Gasteiger partial charge in [0.15, 0.2) is 0 Å². The van der Waals surface area contributed by atoms with Crippen LogP contribution in [0.15, 0.2) is 42.7 Å². The maximum atomic E-state index is 9.79. The molecular formula is C15H16N4O2. The minimum atomic E-state index is -0.857. The van der Waals surface area contributed by atoms with Crippen LogP contribution in [0.1, 0.15) is 0 Å². The van der Waals surface area contributed by atoms with Crippen molar-refractivity contribution in [2.24, 2.45) is 0 Å². The fourth-order valence-corrected chi connectivity index (χ4v) is 2.34. The van der Waals surface area contributed by atoms with Gasteiger partial charge in [0.2, 0.25) is 0 Å². The van der Waals surface area contributed by atoms with Crippen LogP contribution in [0.3, 0.4) is 0 Å². The highest BCUT2D eigenvalue weighted by Crippen LogP contribution is 2.27. The molecular weight excluding hydrogens is 268 g/mol. The number of nitrogen functional groups attached to an aromatic ring is 1. The normalized spacial score (nSPS) is 12.7. The molecule has 0 fully saturated rings. The molecule has 0 spiro atoms. The van der Waals surface area contributed by atoms with E-state index in [9.17, 15) is 5.11 Å². The molecule has 0 amide bonds. The summed E-state index contributed by atoms with van der Waals surface area (Å²) in [4.78, 5) is 8.59. The van der Waals surface area contributed by atoms with E-state index in [2.05, 4.69) is 9.97 Å². The van der Waals surface area contributed by atoms with Crippen LogP contribution in [0, 0.1) is 0 Å². The number of hydrogen-bond donors (Lipinski definition) is 3. The third kappa shape index (κ3) is 2.46. The van der Waals surface area contributed by atoms with Gasteiger partial charge >= 0.3 is 0 Å². The smallest absolute Gasteiger partial charge is 0.141 e. The predicted molar refractivity (Wildman–Crippen MR) is 80.5 cm³/mol. The number of imidazole rings is 1. The zero-order valence-electron chi connectivity index (χ0n) is 11.3. The maximum Gasteiger partial charge on any atom is 0.141 e. The minimum absolute atomic E-state index is 0.244. The second-order valence-corrected chi connectivity index (χ2v) is 4.83. The van der Waals surface area contributed by atoms with E-state index in [-0.39, 0.29) is 13.2 Å². The molecule has 4 N–H and O–H groups in total. The number of hydrogen-bond acceptors (Lipinski definition) is 5. The van der Waals surface area contributed by atoms with Gasteiger partial charge in [0.05, 0.1) is 30.5 Å². The third-order valence-electron chi connectivity index (χ3n) is 3.35. The molecule has 0 aliphatic rings. The molecule has 3 aromatic rings. The van der Waals surface area contributed by atoms with E-state index >= 15 is 0 Å². The molecule has 0 saturated carbocycles. The van der Waals surface area contributed by atoms with Crippen LogP contribution in [-0.4, -0.2) is 37.5 Å². The van der Waals surface area contributed by atoms with Gasteiger partial charge in [-0.1, -0.05) is 6.07 Å². The molecule has 0 aliphatic heterocycles. The highest BCUT2D eigenvalue weighted by Gasteiger charge is 2.16. The van der Waals surface area contributed by atoms with Gasteiger partial charge in [0.1, 0.15) is 11.3 Å². The van der Waals surface area contributed by atoms with Crippen LogP contribution < -0.4 is 5.73 Å². The van der Waals surface area contributed by atoms with Crippen molar-refractivity contribution in [1.82, 2.24) is 14.5 Å². The van der Waals surface area contributed by atoms with Gasteiger partial charge in [-0.25, -0.2) is 4.98 Å². The molecule has 21 heavy (non-hydrogen) atoms. The largest absolute Gasteiger partial charge is 0.397 e. The zero-order chi connectivity index (χ0) is 14.8. The summed E-state index contributed by atoms with van der Waals surface area (Å²) >= 11 is 0. The quantitative estimate of drug-likeness (QED) is 0.622. The number of aliphatic hydroxyl groups excluding tert-OH is 2. The van der Waals surface area contributed by atoms with Gasteiger partial charge in [-0.3, -0.25) is 4.98 Å². The Morgan fingerprint density at radius 1 is 1.19 bits per heavy atom. The lowest BCUT2D eigenvalue weighted by Crippen LogP contribution is -2.20. The summed E-state index contributed by atoms with van der Waals surface area (Å²) in [6, 6.07) is 9.22. The van der Waals surface area contributed by atoms with Crippen molar-refractivity contribution in [2.75, 3.05) is 12.3 Å². The Balaban J connectivity index is 2.22. The molecule has 0 saturated heterocycles. The summed E-state index contributed by atoms with van der Waals surface area (Å²) in [6.45, 7) is -0.0636. The van der Waals surface area contributed by atoms with Crippen molar-refractivity contribution in [3.63, 3.8) is 0 Å². The number of benzene rings is 1. The standard InChI is InChI=1S/C15H16N4O2/c16-12-2-1-3-13-14(12)18-15(10-4-6-17-7-5-10)19(13)8-11(21)9-20/h1-7,11,20-21H,8-9,16H2. The highest BCUT2D eigenvalue weighted by molar-refractivity contribution is 5.90. The van der Waals surface area contributed by atoms with Crippen molar-refractivity contribution in [3.05, 3.63) is 42.7 Å². The summed E-state index contributed by atoms with van der Waals surface area (Å²) in [6.07, 6.45) is 2.51. The molecule has 0 bridgehead atoms. The summed E-state index contributed by atoms with van der Waals surface area (Å²) in [5.74, 6) is 0.692. The van der Waals surface area contributed by atoms with Gasteiger partial charge < -0.3 is 20.5 Å². The Morgan fingerprint density at radius 3 is 2.67 bits per heavy atom. The van der Waals surface area contributed by atoms with Crippen LogP contribution in [0.5, 0.6) is 0 Å². The van der Waals surface area contributed by atoms with E-state index in [1.807, 2.05) is 28.8 Å². The fraction of sp³-hybridized carbons (Fsp3) is 0.200. The molecule has 1 atom stereocenters. The first-order chi connectivity index (χ1) is 10.2. The topological polar surface area (TPSA) is 97.2 Å².